The fraction of sp³-hybridized carbons (Fsp3) is 0.875. The molecule has 9 heavy (non-hydrogen) atoms. The monoisotopic (exact) mass is 124 g/mol. The minimum Gasteiger partial charge on any atom is -0.251 e. The van der Waals surface area contributed by atoms with E-state index in [1.165, 1.54) is 32.2 Å². The van der Waals surface area contributed by atoms with Crippen LogP contribution in [0.2, 0.25) is 0 Å². The summed E-state index contributed by atoms with van der Waals surface area (Å²) in [5.74, 6) is 1.93. The van der Waals surface area contributed by atoms with Crippen molar-refractivity contribution in [1.82, 2.24) is 0 Å². The second-order valence-corrected chi connectivity index (χ2v) is 3.28. The molecule has 1 fully saturated rings. The molecule has 2 aliphatic rings. The summed E-state index contributed by atoms with van der Waals surface area (Å²) in [6, 6.07) is 0. The zero-order valence-corrected chi connectivity index (χ0v) is 5.77. The first-order valence-electron chi connectivity index (χ1n) is 4.03. The van der Waals surface area contributed by atoms with E-state index in [1.54, 1.807) is 0 Å². The molecule has 1 aliphatic heterocycles. The normalized spacial score (nSPS) is 40.9. The lowest BCUT2D eigenvalue weighted by Gasteiger charge is -2.19. The van der Waals surface area contributed by atoms with E-state index < -0.39 is 0 Å². The minimum absolute atomic E-state index is 0.929. The first kappa shape index (κ1) is 5.45. The van der Waals surface area contributed by atoms with Gasteiger partial charge in [0.05, 0.1) is 0 Å². The lowest BCUT2D eigenvalue weighted by Crippen LogP contribution is -2.66. The second-order valence-electron chi connectivity index (χ2n) is 3.28. The van der Waals surface area contributed by atoms with Crippen molar-refractivity contribution in [2.75, 3.05) is 6.54 Å². The molecule has 0 aromatic heterocycles. The third-order valence-corrected chi connectivity index (χ3v) is 2.68. The molecule has 1 aliphatic carbocycles. The standard InChI is InChI=1S/C8H13N/c1-2-4-8-6-9-5-7(8)3-1/h5,7-8H,1-4,6H2/p+1. The van der Waals surface area contributed by atoms with Crippen LogP contribution in [0.5, 0.6) is 0 Å². The molecular formula is C8H14N+. The Kier molecular flexibility index (Phi) is 1.29. The van der Waals surface area contributed by atoms with Crippen molar-refractivity contribution in [1.29, 1.82) is 0 Å². The van der Waals surface area contributed by atoms with E-state index in [1.807, 2.05) is 0 Å². The Labute approximate surface area is 56.2 Å². The zero-order valence-electron chi connectivity index (χ0n) is 5.77. The van der Waals surface area contributed by atoms with Crippen LogP contribution < -0.4 is 4.99 Å². The topological polar surface area (TPSA) is 14.0 Å². The number of fused-ring (bicyclic) bond motifs is 1. The van der Waals surface area contributed by atoms with Crippen LogP contribution in [-0.2, 0) is 0 Å². The van der Waals surface area contributed by atoms with Crippen LogP contribution >= 0.6 is 0 Å². The zero-order chi connectivity index (χ0) is 6.10. The number of hydrogen-bond acceptors (Lipinski definition) is 0. The van der Waals surface area contributed by atoms with Gasteiger partial charge in [-0.3, -0.25) is 4.99 Å². The molecular weight excluding hydrogens is 110 g/mol. The SMILES string of the molecule is C1=[NH+]CC2CCCCC12. The van der Waals surface area contributed by atoms with Gasteiger partial charge in [-0.1, -0.05) is 12.8 Å². The molecule has 1 N–H and O–H groups in total. The Balaban J connectivity index is 2.03. The van der Waals surface area contributed by atoms with Gasteiger partial charge in [-0.05, 0) is 12.8 Å². The fourth-order valence-corrected chi connectivity index (χ4v) is 2.08. The van der Waals surface area contributed by atoms with Gasteiger partial charge in [0.15, 0.2) is 0 Å². The summed E-state index contributed by atoms with van der Waals surface area (Å²) >= 11 is 0. The molecule has 2 atom stereocenters. The highest BCUT2D eigenvalue weighted by atomic mass is 14.8. The van der Waals surface area contributed by atoms with Gasteiger partial charge in [-0.15, -0.1) is 0 Å². The molecule has 0 saturated heterocycles. The molecule has 2 rings (SSSR count). The molecule has 1 nitrogen and oxygen atoms in total. The second kappa shape index (κ2) is 2.13. The van der Waals surface area contributed by atoms with Crippen LogP contribution in [-0.4, -0.2) is 12.8 Å². The summed E-state index contributed by atoms with van der Waals surface area (Å²) in [4.78, 5) is 3.34. The predicted octanol–water partition coefficient (Wildman–Crippen LogP) is -0.0422. The van der Waals surface area contributed by atoms with Gasteiger partial charge in [-0.25, -0.2) is 0 Å². The molecule has 0 aromatic rings. The highest BCUT2D eigenvalue weighted by Gasteiger charge is 2.30. The summed E-state index contributed by atoms with van der Waals surface area (Å²) in [6.07, 6.45) is 8.14. The largest absolute Gasteiger partial charge is 0.251 e. The third-order valence-electron chi connectivity index (χ3n) is 2.68. The number of rotatable bonds is 0. The highest BCUT2D eigenvalue weighted by molar-refractivity contribution is 5.56. The van der Waals surface area contributed by atoms with Crippen LogP contribution in [0.3, 0.4) is 0 Å². The Hall–Kier alpha value is -0.330. The molecule has 50 valence electrons. The van der Waals surface area contributed by atoms with Crippen molar-refractivity contribution in [3.63, 3.8) is 0 Å². The lowest BCUT2D eigenvalue weighted by molar-refractivity contribution is -0.449. The van der Waals surface area contributed by atoms with Crippen LogP contribution in [0, 0.1) is 11.8 Å². The van der Waals surface area contributed by atoms with Gasteiger partial charge < -0.3 is 0 Å². The van der Waals surface area contributed by atoms with Crippen molar-refractivity contribution in [3.8, 4) is 0 Å². The van der Waals surface area contributed by atoms with Gasteiger partial charge in [0.2, 0.25) is 0 Å². The van der Waals surface area contributed by atoms with Crippen molar-refractivity contribution in [2.45, 2.75) is 25.7 Å². The molecule has 0 spiro atoms. The Morgan fingerprint density at radius 2 is 2.11 bits per heavy atom. The van der Waals surface area contributed by atoms with Crippen molar-refractivity contribution in [2.24, 2.45) is 11.8 Å². The quantitative estimate of drug-likeness (QED) is 0.466. The third kappa shape index (κ3) is 0.887. The summed E-state index contributed by atoms with van der Waals surface area (Å²) in [5, 5.41) is 0. The molecule has 0 radical (unpaired) electrons. The first-order chi connectivity index (χ1) is 4.47. The molecule has 1 heteroatoms. The lowest BCUT2D eigenvalue weighted by atomic mass is 9.82. The van der Waals surface area contributed by atoms with E-state index in [4.69, 9.17) is 0 Å². The van der Waals surface area contributed by atoms with Gasteiger partial charge in [0.25, 0.3) is 0 Å². The van der Waals surface area contributed by atoms with E-state index in [2.05, 4.69) is 11.2 Å². The van der Waals surface area contributed by atoms with Crippen molar-refractivity contribution < 1.29 is 4.99 Å². The molecule has 0 amide bonds. The molecule has 1 heterocycles. The maximum atomic E-state index is 3.34. The van der Waals surface area contributed by atoms with Crippen LogP contribution in [0.1, 0.15) is 25.7 Å². The van der Waals surface area contributed by atoms with Gasteiger partial charge in [0.1, 0.15) is 12.8 Å². The first-order valence-corrected chi connectivity index (χ1v) is 4.03. The van der Waals surface area contributed by atoms with Gasteiger partial charge in [-0.2, -0.15) is 0 Å². The van der Waals surface area contributed by atoms with Crippen molar-refractivity contribution in [3.05, 3.63) is 0 Å². The molecule has 2 unspecified atom stereocenters. The van der Waals surface area contributed by atoms with Crippen LogP contribution in [0.15, 0.2) is 0 Å². The van der Waals surface area contributed by atoms with E-state index in [-0.39, 0.29) is 0 Å². The molecule has 0 bridgehead atoms. The van der Waals surface area contributed by atoms with E-state index in [0.717, 1.165) is 11.8 Å². The maximum Gasteiger partial charge on any atom is 0.144 e. The Bertz CT molecular complexity index is 129. The van der Waals surface area contributed by atoms with Gasteiger partial charge in [0, 0.05) is 11.8 Å². The van der Waals surface area contributed by atoms with Crippen molar-refractivity contribution >= 4 is 6.21 Å². The summed E-state index contributed by atoms with van der Waals surface area (Å²) in [5.41, 5.74) is 0. The molecule has 0 aromatic carbocycles. The van der Waals surface area contributed by atoms with E-state index in [9.17, 15) is 0 Å². The summed E-state index contributed by atoms with van der Waals surface area (Å²) in [7, 11) is 0. The Morgan fingerprint density at radius 3 is 3.00 bits per heavy atom. The average Bonchev–Trinajstić information content (AvgIpc) is 2.33. The molecule has 1 saturated carbocycles. The van der Waals surface area contributed by atoms with Crippen LogP contribution in [0.25, 0.3) is 0 Å². The Morgan fingerprint density at radius 1 is 1.22 bits per heavy atom. The van der Waals surface area contributed by atoms with Crippen LogP contribution in [0.4, 0.5) is 0 Å². The average molecular weight is 124 g/mol. The van der Waals surface area contributed by atoms with E-state index in [0.29, 0.717) is 0 Å². The highest BCUT2D eigenvalue weighted by Crippen LogP contribution is 2.27. The number of nitrogens with one attached hydrogen (secondary N) is 1. The minimum atomic E-state index is 0.929. The number of hydrogen-bond donors (Lipinski definition) is 1. The van der Waals surface area contributed by atoms with E-state index >= 15 is 0 Å². The smallest absolute Gasteiger partial charge is 0.144 e. The van der Waals surface area contributed by atoms with Gasteiger partial charge >= 0.3 is 0 Å². The predicted molar refractivity (Wildman–Crippen MR) is 37.3 cm³/mol. The fourth-order valence-electron chi connectivity index (χ4n) is 2.08. The maximum absolute atomic E-state index is 3.34. The summed E-state index contributed by atoms with van der Waals surface area (Å²) < 4.78 is 0. The summed E-state index contributed by atoms with van der Waals surface area (Å²) in [6.45, 7) is 1.25.